The predicted molar refractivity (Wildman–Crippen MR) is 319 cm³/mol. The molecule has 0 bridgehead atoms. The van der Waals surface area contributed by atoms with Gasteiger partial charge < -0.3 is 9.47 Å². The molecule has 13 aromatic rings. The molecule has 0 aliphatic heterocycles. The summed E-state index contributed by atoms with van der Waals surface area (Å²) in [6.45, 7) is 6.53. The van der Waals surface area contributed by atoms with Crippen molar-refractivity contribution < 1.29 is 0 Å². The van der Waals surface area contributed by atoms with Gasteiger partial charge in [-0.15, -0.1) is 0 Å². The maximum atomic E-state index is 2.55. The van der Waals surface area contributed by atoms with Crippen molar-refractivity contribution in [3.8, 4) is 33.4 Å². The minimum Gasteiger partial charge on any atom is -0.342 e. The third kappa shape index (κ3) is 7.39. The Kier molecular flexibility index (Phi) is 11.4. The van der Waals surface area contributed by atoms with E-state index in [4.69, 9.17) is 0 Å². The lowest BCUT2D eigenvalue weighted by Gasteiger charge is -2.32. The maximum absolute atomic E-state index is 2.55. The standard InChI is InChI=1S/C52H38N2.C14H10.C7H8/c1-33-16-4-5-17-36(33)42-32-35(31-30-34(42)2)54(49-29-14-22-40-39-20-9-13-27-47(39)53(3)51(40)49)48-28-15-26-46-50(48)41-21-8-12-25-45(41)52(46)43-23-10-6-18-37(43)38-19-7-11-24-44(38)52;1-3-7-13-11(5-1)9-10-12-6-2-4-8-14(12)13;1-7-5-3-2-4-6-7/h4-32H,1-3H3;1-10H;2-6H,1H3. The zero-order chi connectivity index (χ0) is 50.6. The van der Waals surface area contributed by atoms with Crippen molar-refractivity contribution in [2.75, 3.05) is 4.90 Å². The molecule has 2 aliphatic rings. The van der Waals surface area contributed by atoms with Gasteiger partial charge in [0.25, 0.3) is 0 Å². The Bertz CT molecular complexity index is 4210. The molecule has 0 saturated carbocycles. The van der Waals surface area contributed by atoms with Crippen LogP contribution in [0.3, 0.4) is 0 Å². The number of rotatable bonds is 4. The number of hydrogen-bond acceptors (Lipinski definition) is 1. The summed E-state index contributed by atoms with van der Waals surface area (Å²) in [5, 5.41) is 7.82. The Morgan fingerprint density at radius 3 is 1.45 bits per heavy atom. The van der Waals surface area contributed by atoms with E-state index in [1.807, 2.05) is 18.2 Å². The molecule has 0 amide bonds. The monoisotopic (exact) mass is 960 g/mol. The number of anilines is 3. The fourth-order valence-electron chi connectivity index (χ4n) is 12.5. The third-order valence-corrected chi connectivity index (χ3v) is 15.9. The number of hydrogen-bond donors (Lipinski definition) is 0. The summed E-state index contributed by atoms with van der Waals surface area (Å²) in [6, 6.07) is 97.3. The van der Waals surface area contributed by atoms with Crippen molar-refractivity contribution in [3.63, 3.8) is 0 Å². The van der Waals surface area contributed by atoms with Crippen LogP contribution in [0.5, 0.6) is 0 Å². The molecule has 358 valence electrons. The molecule has 1 spiro atoms. The van der Waals surface area contributed by atoms with Gasteiger partial charge in [-0.3, -0.25) is 0 Å². The maximum Gasteiger partial charge on any atom is 0.0733 e. The third-order valence-electron chi connectivity index (χ3n) is 15.9. The molecule has 75 heavy (non-hydrogen) atoms. The number of aryl methyl sites for hydroxylation is 4. The quantitative estimate of drug-likeness (QED) is 0.160. The summed E-state index contributed by atoms with van der Waals surface area (Å²) in [7, 11) is 2.21. The molecule has 0 saturated heterocycles. The highest BCUT2D eigenvalue weighted by molar-refractivity contribution is 6.14. The fourth-order valence-corrected chi connectivity index (χ4v) is 12.5. The zero-order valence-corrected chi connectivity index (χ0v) is 42.8. The van der Waals surface area contributed by atoms with Crippen LogP contribution in [0.1, 0.15) is 38.9 Å². The van der Waals surface area contributed by atoms with E-state index in [0.29, 0.717) is 0 Å². The molecule has 2 aliphatic carbocycles. The number of aromatic nitrogens is 1. The summed E-state index contributed by atoms with van der Waals surface area (Å²) in [4.78, 5) is 2.55. The van der Waals surface area contributed by atoms with Gasteiger partial charge in [-0.1, -0.05) is 242 Å². The van der Waals surface area contributed by atoms with E-state index < -0.39 is 5.41 Å². The van der Waals surface area contributed by atoms with Crippen molar-refractivity contribution in [3.05, 3.63) is 306 Å². The molecule has 2 heteroatoms. The Labute approximate surface area is 440 Å². The zero-order valence-electron chi connectivity index (χ0n) is 42.8. The van der Waals surface area contributed by atoms with E-state index in [-0.39, 0.29) is 0 Å². The summed E-state index contributed by atoms with van der Waals surface area (Å²) in [5.41, 5.74) is 22.5. The van der Waals surface area contributed by atoms with Crippen LogP contribution in [0.2, 0.25) is 0 Å². The van der Waals surface area contributed by atoms with E-state index in [0.717, 1.165) is 11.4 Å². The number of nitrogens with zero attached hydrogens (tertiary/aromatic N) is 2. The van der Waals surface area contributed by atoms with Gasteiger partial charge in [-0.25, -0.2) is 0 Å². The fraction of sp³-hybridized carbons (Fsp3) is 0.0685. The number of benzene rings is 12. The Hall–Kier alpha value is -9.24. The van der Waals surface area contributed by atoms with E-state index in [9.17, 15) is 0 Å². The molecule has 1 aromatic heterocycles. The van der Waals surface area contributed by atoms with E-state index in [2.05, 4.69) is 286 Å². The Balaban J connectivity index is 0.000000212. The molecule has 0 N–H and O–H groups in total. The minimum absolute atomic E-state index is 0.425. The van der Waals surface area contributed by atoms with Crippen LogP contribution in [0.15, 0.2) is 267 Å². The lowest BCUT2D eigenvalue weighted by Crippen LogP contribution is -2.26. The summed E-state index contributed by atoms with van der Waals surface area (Å²) < 4.78 is 2.38. The summed E-state index contributed by atoms with van der Waals surface area (Å²) in [6.07, 6.45) is 0. The molecule has 0 atom stereocenters. The highest BCUT2D eigenvalue weighted by Crippen LogP contribution is 2.65. The second-order valence-corrected chi connectivity index (χ2v) is 20.1. The van der Waals surface area contributed by atoms with Gasteiger partial charge in [0, 0.05) is 34.6 Å². The minimum atomic E-state index is -0.425. The highest BCUT2D eigenvalue weighted by atomic mass is 15.2. The predicted octanol–water partition coefficient (Wildman–Crippen LogP) is 19.4. The topological polar surface area (TPSA) is 8.17 Å². The second-order valence-electron chi connectivity index (χ2n) is 20.1. The normalized spacial score (nSPS) is 12.4. The van der Waals surface area contributed by atoms with Gasteiger partial charge in [0.05, 0.1) is 22.3 Å². The number of para-hydroxylation sites is 2. The van der Waals surface area contributed by atoms with Crippen LogP contribution in [-0.2, 0) is 12.5 Å². The summed E-state index contributed by atoms with van der Waals surface area (Å²) in [5.74, 6) is 0. The van der Waals surface area contributed by atoms with Gasteiger partial charge in [-0.05, 0) is 134 Å². The second kappa shape index (κ2) is 18.7. The largest absolute Gasteiger partial charge is 0.342 e. The van der Waals surface area contributed by atoms with E-state index >= 15 is 0 Å². The van der Waals surface area contributed by atoms with Crippen LogP contribution in [-0.4, -0.2) is 4.57 Å². The molecular formula is C73H56N2. The van der Waals surface area contributed by atoms with Crippen molar-refractivity contribution in [2.24, 2.45) is 7.05 Å². The lowest BCUT2D eigenvalue weighted by molar-refractivity contribution is 0.794. The first-order chi connectivity index (χ1) is 36.9. The average molecular weight is 961 g/mol. The highest BCUT2D eigenvalue weighted by Gasteiger charge is 2.52. The first-order valence-corrected chi connectivity index (χ1v) is 26.2. The van der Waals surface area contributed by atoms with Crippen LogP contribution in [0, 0.1) is 20.8 Å². The summed E-state index contributed by atoms with van der Waals surface area (Å²) >= 11 is 0. The van der Waals surface area contributed by atoms with Gasteiger partial charge in [0.15, 0.2) is 0 Å². The van der Waals surface area contributed by atoms with Gasteiger partial charge in [0.2, 0.25) is 0 Å². The SMILES string of the molecule is Cc1ccccc1.Cc1ccccc1-c1cc(N(c2cccc3c2-c2ccccc2C32c3ccccc3-c3ccccc32)c2cccc3c4ccccc4n(C)c23)ccc1C.c1ccc2c(c1)ccc1ccccc12. The molecule has 0 unspecified atom stereocenters. The van der Waals surface area contributed by atoms with Gasteiger partial charge in [-0.2, -0.15) is 0 Å². The van der Waals surface area contributed by atoms with E-state index in [1.165, 1.54) is 121 Å². The van der Waals surface area contributed by atoms with Crippen LogP contribution < -0.4 is 4.90 Å². The average Bonchev–Trinajstić information content (AvgIpc) is 4.28. The van der Waals surface area contributed by atoms with Crippen LogP contribution in [0.4, 0.5) is 17.1 Å². The van der Waals surface area contributed by atoms with Gasteiger partial charge in [0.1, 0.15) is 0 Å². The van der Waals surface area contributed by atoms with Crippen molar-refractivity contribution in [2.45, 2.75) is 26.2 Å². The Morgan fingerprint density at radius 1 is 0.333 bits per heavy atom. The molecule has 2 nitrogen and oxygen atoms in total. The van der Waals surface area contributed by atoms with Crippen LogP contribution >= 0.6 is 0 Å². The molecule has 15 rings (SSSR count). The van der Waals surface area contributed by atoms with Crippen LogP contribution in [0.25, 0.3) is 76.7 Å². The van der Waals surface area contributed by atoms with Gasteiger partial charge >= 0.3 is 0 Å². The molecule has 0 fully saturated rings. The van der Waals surface area contributed by atoms with Crippen molar-refractivity contribution in [1.82, 2.24) is 4.57 Å². The molecular weight excluding hydrogens is 905 g/mol. The Morgan fingerprint density at radius 2 is 0.813 bits per heavy atom. The number of fused-ring (bicyclic) bond motifs is 16. The van der Waals surface area contributed by atoms with Crippen molar-refractivity contribution in [1.29, 1.82) is 0 Å². The first kappa shape index (κ1) is 45.6. The first-order valence-electron chi connectivity index (χ1n) is 26.2. The lowest BCUT2D eigenvalue weighted by atomic mass is 9.70. The van der Waals surface area contributed by atoms with E-state index in [1.54, 1.807) is 0 Å². The smallest absolute Gasteiger partial charge is 0.0733 e. The molecule has 12 aromatic carbocycles. The molecule has 1 heterocycles. The molecule has 0 radical (unpaired) electrons. The van der Waals surface area contributed by atoms with Crippen molar-refractivity contribution >= 4 is 60.4 Å².